The number of H-pyrrole nitrogens is 1. The maximum Gasteiger partial charge on any atom is 0.224 e. The minimum absolute atomic E-state index is 0.0803. The SMILES string of the molecule is Cn1nnc2ccc(-c3c[nH]c4nc(NC5CCC(OCCO)CC5)ncc34)cc21. The van der Waals surface area contributed by atoms with Gasteiger partial charge in [-0.2, -0.15) is 4.98 Å². The molecule has 0 atom stereocenters. The Hall–Kier alpha value is -3.04. The van der Waals surface area contributed by atoms with Gasteiger partial charge in [-0.3, -0.25) is 0 Å². The van der Waals surface area contributed by atoms with Crippen molar-refractivity contribution in [3.05, 3.63) is 30.6 Å². The molecule has 0 aliphatic heterocycles. The molecule has 4 aromatic rings. The number of aromatic nitrogens is 6. The first-order valence-electron chi connectivity index (χ1n) is 10.3. The Bertz CT molecular complexity index is 1160. The molecule has 0 amide bonds. The van der Waals surface area contributed by atoms with Crippen molar-refractivity contribution in [1.82, 2.24) is 29.9 Å². The number of fused-ring (bicyclic) bond motifs is 2. The maximum atomic E-state index is 8.89. The van der Waals surface area contributed by atoms with Crippen molar-refractivity contribution in [3.8, 4) is 11.1 Å². The second kappa shape index (κ2) is 8.00. The summed E-state index contributed by atoms with van der Waals surface area (Å²) in [5.41, 5.74) is 4.80. The summed E-state index contributed by atoms with van der Waals surface area (Å²) in [7, 11) is 1.89. The van der Waals surface area contributed by atoms with E-state index in [1.807, 2.05) is 31.6 Å². The van der Waals surface area contributed by atoms with E-state index in [9.17, 15) is 0 Å². The van der Waals surface area contributed by atoms with Crippen LogP contribution in [0.2, 0.25) is 0 Å². The van der Waals surface area contributed by atoms with Gasteiger partial charge in [0.1, 0.15) is 11.2 Å². The summed E-state index contributed by atoms with van der Waals surface area (Å²) in [6, 6.07) is 6.45. The van der Waals surface area contributed by atoms with Crippen molar-refractivity contribution in [2.24, 2.45) is 7.05 Å². The molecule has 30 heavy (non-hydrogen) atoms. The smallest absolute Gasteiger partial charge is 0.224 e. The van der Waals surface area contributed by atoms with Crippen LogP contribution in [-0.2, 0) is 11.8 Å². The number of anilines is 1. The number of aryl methyl sites for hydroxylation is 1. The number of benzene rings is 1. The zero-order chi connectivity index (χ0) is 20.5. The first-order chi connectivity index (χ1) is 14.7. The minimum atomic E-state index is 0.0803. The lowest BCUT2D eigenvalue weighted by molar-refractivity contribution is 0.00719. The lowest BCUT2D eigenvalue weighted by atomic mass is 9.93. The zero-order valence-corrected chi connectivity index (χ0v) is 16.9. The van der Waals surface area contributed by atoms with Gasteiger partial charge in [-0.25, -0.2) is 9.67 Å². The van der Waals surface area contributed by atoms with E-state index in [2.05, 4.69) is 36.6 Å². The third kappa shape index (κ3) is 3.61. The molecule has 9 heteroatoms. The molecule has 0 unspecified atom stereocenters. The number of aromatic amines is 1. The largest absolute Gasteiger partial charge is 0.394 e. The highest BCUT2D eigenvalue weighted by atomic mass is 16.5. The summed E-state index contributed by atoms with van der Waals surface area (Å²) in [6.07, 6.45) is 8.07. The van der Waals surface area contributed by atoms with Crippen LogP contribution >= 0.6 is 0 Å². The second-order valence-electron chi connectivity index (χ2n) is 7.79. The molecular weight excluding hydrogens is 382 g/mol. The summed E-state index contributed by atoms with van der Waals surface area (Å²) in [5, 5.41) is 21.5. The van der Waals surface area contributed by atoms with Crippen LogP contribution in [-0.4, -0.2) is 60.4 Å². The molecule has 1 aromatic carbocycles. The molecule has 3 heterocycles. The highest BCUT2D eigenvalue weighted by Gasteiger charge is 2.22. The number of ether oxygens (including phenoxy) is 1. The van der Waals surface area contributed by atoms with Crippen LogP contribution in [0.3, 0.4) is 0 Å². The molecule has 0 radical (unpaired) electrons. The Morgan fingerprint density at radius 1 is 1.27 bits per heavy atom. The normalized spacial score (nSPS) is 19.5. The first-order valence-corrected chi connectivity index (χ1v) is 10.3. The Balaban J connectivity index is 1.32. The standard InChI is InChI=1S/C21H25N7O2/c1-28-19-10-13(2-7-18(19)26-27-28)16-11-22-20-17(16)12-23-21(25-20)24-14-3-5-15(6-4-14)30-9-8-29/h2,7,10-12,14-15,29H,3-6,8-9H2,1H3,(H2,22,23,24,25). The Morgan fingerprint density at radius 2 is 2.13 bits per heavy atom. The van der Waals surface area contributed by atoms with Gasteiger partial charge in [0.25, 0.3) is 0 Å². The fourth-order valence-corrected chi connectivity index (χ4v) is 4.19. The van der Waals surface area contributed by atoms with E-state index in [4.69, 9.17) is 9.84 Å². The summed E-state index contributed by atoms with van der Waals surface area (Å²) in [6.45, 7) is 0.499. The van der Waals surface area contributed by atoms with Crippen LogP contribution in [0, 0.1) is 0 Å². The van der Waals surface area contributed by atoms with E-state index in [1.54, 1.807) is 4.68 Å². The van der Waals surface area contributed by atoms with Crippen LogP contribution in [0.25, 0.3) is 33.2 Å². The summed E-state index contributed by atoms with van der Waals surface area (Å²) in [4.78, 5) is 12.5. The molecule has 0 saturated heterocycles. The van der Waals surface area contributed by atoms with E-state index in [0.29, 0.717) is 18.6 Å². The topological polar surface area (TPSA) is 114 Å². The number of aliphatic hydroxyl groups is 1. The second-order valence-corrected chi connectivity index (χ2v) is 7.79. The molecule has 0 spiro atoms. The van der Waals surface area contributed by atoms with Crippen molar-refractivity contribution in [3.63, 3.8) is 0 Å². The Morgan fingerprint density at radius 3 is 2.97 bits per heavy atom. The third-order valence-corrected chi connectivity index (χ3v) is 5.81. The molecule has 0 bridgehead atoms. The summed E-state index contributed by atoms with van der Waals surface area (Å²) < 4.78 is 7.41. The highest BCUT2D eigenvalue weighted by Crippen LogP contribution is 2.30. The number of aliphatic hydroxyl groups excluding tert-OH is 1. The average molecular weight is 407 g/mol. The number of nitrogens with zero attached hydrogens (tertiary/aromatic N) is 5. The summed E-state index contributed by atoms with van der Waals surface area (Å²) >= 11 is 0. The lowest BCUT2D eigenvalue weighted by Crippen LogP contribution is -2.30. The van der Waals surface area contributed by atoms with Gasteiger partial charge in [0.05, 0.1) is 24.8 Å². The predicted molar refractivity (Wildman–Crippen MR) is 114 cm³/mol. The molecule has 156 valence electrons. The quantitative estimate of drug-likeness (QED) is 0.450. The molecule has 1 saturated carbocycles. The van der Waals surface area contributed by atoms with Crippen molar-refractivity contribution >= 4 is 28.0 Å². The molecule has 5 rings (SSSR count). The van der Waals surface area contributed by atoms with Crippen LogP contribution < -0.4 is 5.32 Å². The van der Waals surface area contributed by atoms with E-state index in [-0.39, 0.29) is 12.7 Å². The van der Waals surface area contributed by atoms with Gasteiger partial charge < -0.3 is 20.1 Å². The molecule has 3 N–H and O–H groups in total. The molecule has 1 fully saturated rings. The predicted octanol–water partition coefficient (Wildman–Crippen LogP) is 2.64. The number of rotatable bonds is 6. The van der Waals surface area contributed by atoms with Gasteiger partial charge in [-0.05, 0) is 43.4 Å². The van der Waals surface area contributed by atoms with Crippen LogP contribution in [0.4, 0.5) is 5.95 Å². The lowest BCUT2D eigenvalue weighted by Gasteiger charge is -2.28. The minimum Gasteiger partial charge on any atom is -0.394 e. The number of nitrogens with one attached hydrogen (secondary N) is 2. The highest BCUT2D eigenvalue weighted by molar-refractivity contribution is 5.95. The van der Waals surface area contributed by atoms with E-state index >= 15 is 0 Å². The fraction of sp³-hybridized carbons (Fsp3) is 0.429. The maximum absolute atomic E-state index is 8.89. The Kier molecular flexibility index (Phi) is 5.06. The van der Waals surface area contributed by atoms with Crippen molar-refractivity contribution in [2.75, 3.05) is 18.5 Å². The fourth-order valence-electron chi connectivity index (χ4n) is 4.19. The first kappa shape index (κ1) is 19.0. The molecule has 1 aliphatic carbocycles. The van der Waals surface area contributed by atoms with Crippen LogP contribution in [0.5, 0.6) is 0 Å². The van der Waals surface area contributed by atoms with Gasteiger partial charge in [0.15, 0.2) is 0 Å². The van der Waals surface area contributed by atoms with Crippen LogP contribution in [0.15, 0.2) is 30.6 Å². The molecule has 3 aromatic heterocycles. The monoisotopic (exact) mass is 407 g/mol. The van der Waals surface area contributed by atoms with E-state index in [0.717, 1.165) is 58.9 Å². The summed E-state index contributed by atoms with van der Waals surface area (Å²) in [5.74, 6) is 0.641. The van der Waals surface area contributed by atoms with E-state index < -0.39 is 0 Å². The molecule has 9 nitrogen and oxygen atoms in total. The van der Waals surface area contributed by atoms with Crippen LogP contribution in [0.1, 0.15) is 25.7 Å². The van der Waals surface area contributed by atoms with Gasteiger partial charge >= 0.3 is 0 Å². The average Bonchev–Trinajstić information content (AvgIpc) is 3.36. The zero-order valence-electron chi connectivity index (χ0n) is 16.9. The van der Waals surface area contributed by atoms with Gasteiger partial charge in [-0.15, -0.1) is 5.10 Å². The molecule has 1 aliphatic rings. The van der Waals surface area contributed by atoms with Gasteiger partial charge in [-0.1, -0.05) is 11.3 Å². The van der Waals surface area contributed by atoms with Crippen molar-refractivity contribution < 1.29 is 9.84 Å². The molecular formula is C21H25N7O2. The van der Waals surface area contributed by atoms with Crippen molar-refractivity contribution in [2.45, 2.75) is 37.8 Å². The van der Waals surface area contributed by atoms with E-state index in [1.165, 1.54) is 0 Å². The number of hydrogen-bond acceptors (Lipinski definition) is 7. The number of hydrogen-bond donors (Lipinski definition) is 3. The van der Waals surface area contributed by atoms with Crippen molar-refractivity contribution in [1.29, 1.82) is 0 Å². The third-order valence-electron chi connectivity index (χ3n) is 5.81. The van der Waals surface area contributed by atoms with Gasteiger partial charge in [0, 0.05) is 36.4 Å². The van der Waals surface area contributed by atoms with Gasteiger partial charge in [0.2, 0.25) is 5.95 Å². The Labute approximate surface area is 173 Å².